The summed E-state index contributed by atoms with van der Waals surface area (Å²) in [6.07, 6.45) is 0. The summed E-state index contributed by atoms with van der Waals surface area (Å²) in [7, 11) is -1.50. The zero-order chi connectivity index (χ0) is 2.71. The molecule has 1 N–H and O–H groups in total. The summed E-state index contributed by atoms with van der Waals surface area (Å²) in [5.41, 5.74) is 0. The molecule has 0 aromatic carbocycles. The predicted octanol–water partition coefficient (Wildman–Crippen LogP) is -0.353. The Kier molecular flexibility index (Phi) is 20.6. The summed E-state index contributed by atoms with van der Waals surface area (Å²) in [5.74, 6) is 0. The molecule has 0 amide bonds. The molecular formula is H3NiO2P. The zero-order valence-electron chi connectivity index (χ0n) is 1.75. The van der Waals surface area contributed by atoms with Crippen LogP contribution >= 0.6 is 8.69 Å². The fourth-order valence-corrected chi connectivity index (χ4v) is 0. The van der Waals surface area contributed by atoms with Gasteiger partial charge in [-0.3, -0.25) is 4.57 Å². The molecule has 4 heavy (non-hydrogen) atoms. The van der Waals surface area contributed by atoms with Crippen LogP contribution in [-0.2, 0) is 21.1 Å². The van der Waals surface area contributed by atoms with Gasteiger partial charge in [0.15, 0.2) is 8.69 Å². The van der Waals surface area contributed by atoms with Crippen LogP contribution in [0.2, 0.25) is 0 Å². The maximum atomic E-state index is 8.57. The molecule has 0 rings (SSSR count). The number of hydrogen-bond acceptors (Lipinski definition) is 1. The first-order valence-electron chi connectivity index (χ1n) is 0.494. The molecule has 0 bridgehead atoms. The second-order valence-corrected chi connectivity index (χ2v) is 0.316. The molecule has 0 saturated carbocycles. The molecule has 2 nitrogen and oxygen atoms in total. The molecule has 0 aromatic rings. The van der Waals surface area contributed by atoms with Gasteiger partial charge >= 0.3 is 0 Å². The third-order valence-electron chi connectivity index (χ3n) is 0. The van der Waals surface area contributed by atoms with Crippen molar-refractivity contribution in [2.75, 3.05) is 0 Å². The Morgan fingerprint density at radius 1 is 1.75 bits per heavy atom. The van der Waals surface area contributed by atoms with Crippen LogP contribution in [0.5, 0.6) is 0 Å². The van der Waals surface area contributed by atoms with E-state index in [2.05, 4.69) is 0 Å². The Hall–Kier alpha value is 0.684. The van der Waals surface area contributed by atoms with Crippen LogP contribution in [0.1, 0.15) is 0 Å². The fraction of sp³-hybridized carbons (Fsp3) is 0. The molecule has 0 saturated heterocycles. The van der Waals surface area contributed by atoms with Crippen molar-refractivity contribution >= 4 is 8.69 Å². The fourth-order valence-electron chi connectivity index (χ4n) is 0. The van der Waals surface area contributed by atoms with E-state index < -0.39 is 8.69 Å². The molecule has 0 aliphatic rings. The van der Waals surface area contributed by atoms with Gasteiger partial charge in [-0.15, -0.1) is 0 Å². The van der Waals surface area contributed by atoms with Crippen LogP contribution in [0, 0.1) is 0 Å². The minimum Gasteiger partial charge on any atom is -0.348 e. The molecule has 30 valence electrons. The standard InChI is InChI=1S/Ni.H3O2P/c;1-3-2/h;3H2,(H,1,2). The molecule has 0 fully saturated rings. The average molecular weight is 125 g/mol. The second kappa shape index (κ2) is 9.36. The number of rotatable bonds is 0. The Morgan fingerprint density at radius 2 is 1.75 bits per heavy atom. The summed E-state index contributed by atoms with van der Waals surface area (Å²) < 4.78 is 8.57. The van der Waals surface area contributed by atoms with Crippen molar-refractivity contribution in [1.82, 2.24) is 0 Å². The van der Waals surface area contributed by atoms with Crippen LogP contribution < -0.4 is 0 Å². The van der Waals surface area contributed by atoms with Gasteiger partial charge in [-0.1, -0.05) is 0 Å². The van der Waals surface area contributed by atoms with Crippen LogP contribution in [0.3, 0.4) is 0 Å². The first-order valence-corrected chi connectivity index (χ1v) is 1.48. The quantitative estimate of drug-likeness (QED) is 0.354. The predicted molar refractivity (Wildman–Crippen MR) is 12.6 cm³/mol. The molecule has 0 aromatic heterocycles. The van der Waals surface area contributed by atoms with Crippen LogP contribution in [0.25, 0.3) is 0 Å². The van der Waals surface area contributed by atoms with E-state index in [1.807, 2.05) is 0 Å². The van der Waals surface area contributed by atoms with E-state index in [1.165, 1.54) is 0 Å². The van der Waals surface area contributed by atoms with Gasteiger partial charge < -0.3 is 4.89 Å². The molecule has 0 aliphatic heterocycles. The smallest absolute Gasteiger partial charge is 0.177 e. The summed E-state index contributed by atoms with van der Waals surface area (Å²) in [6, 6.07) is 0. The van der Waals surface area contributed by atoms with E-state index in [4.69, 9.17) is 9.46 Å². The van der Waals surface area contributed by atoms with Gasteiger partial charge in [-0.2, -0.15) is 0 Å². The van der Waals surface area contributed by atoms with Crippen molar-refractivity contribution in [3.63, 3.8) is 0 Å². The van der Waals surface area contributed by atoms with E-state index in [0.29, 0.717) is 0 Å². The van der Waals surface area contributed by atoms with Gasteiger partial charge in [-0.25, -0.2) is 0 Å². The monoisotopic (exact) mass is 124 g/mol. The normalized spacial score (nSPS) is 7.25. The van der Waals surface area contributed by atoms with Crippen molar-refractivity contribution in [1.29, 1.82) is 0 Å². The summed E-state index contributed by atoms with van der Waals surface area (Å²) in [6.45, 7) is 0. The molecular weight excluding hydrogens is 122 g/mol. The van der Waals surface area contributed by atoms with Crippen molar-refractivity contribution in [2.45, 2.75) is 0 Å². The zero-order valence-corrected chi connectivity index (χ0v) is 3.89. The minimum atomic E-state index is -1.50. The third kappa shape index (κ3) is 16.3. The van der Waals surface area contributed by atoms with E-state index in [9.17, 15) is 0 Å². The van der Waals surface area contributed by atoms with Crippen LogP contribution in [0.15, 0.2) is 0 Å². The summed E-state index contributed by atoms with van der Waals surface area (Å²) in [4.78, 5) is 7.10. The Balaban J connectivity index is 0. The summed E-state index contributed by atoms with van der Waals surface area (Å²) >= 11 is 0. The maximum Gasteiger partial charge on any atom is 0.177 e. The third-order valence-corrected chi connectivity index (χ3v) is 0. The van der Waals surface area contributed by atoms with Gasteiger partial charge in [0.1, 0.15) is 0 Å². The van der Waals surface area contributed by atoms with Crippen molar-refractivity contribution in [3.05, 3.63) is 0 Å². The van der Waals surface area contributed by atoms with Crippen molar-refractivity contribution in [2.24, 2.45) is 0 Å². The van der Waals surface area contributed by atoms with E-state index >= 15 is 0 Å². The van der Waals surface area contributed by atoms with Gasteiger partial charge in [0.25, 0.3) is 0 Å². The second-order valence-electron chi connectivity index (χ2n) is 0.105. The Bertz CT molecular complexity index is 13.5. The van der Waals surface area contributed by atoms with Crippen LogP contribution in [-0.4, -0.2) is 4.89 Å². The average Bonchev–Trinajstić information content (AvgIpc) is 0.918. The number of hydrogen-bond donors (Lipinski definition) is 1. The molecule has 1 atom stereocenters. The topological polar surface area (TPSA) is 37.3 Å². The molecule has 0 heterocycles. The molecule has 0 radical (unpaired) electrons. The molecule has 0 spiro atoms. The van der Waals surface area contributed by atoms with Crippen LogP contribution in [0.4, 0.5) is 0 Å². The van der Waals surface area contributed by atoms with Gasteiger partial charge in [0.05, 0.1) is 0 Å². The van der Waals surface area contributed by atoms with Gasteiger partial charge in [0, 0.05) is 16.5 Å². The van der Waals surface area contributed by atoms with E-state index in [0.717, 1.165) is 0 Å². The molecule has 4 heteroatoms. The van der Waals surface area contributed by atoms with Gasteiger partial charge in [-0.05, 0) is 0 Å². The Labute approximate surface area is 35.4 Å². The molecule has 0 aliphatic carbocycles. The minimum absolute atomic E-state index is 0. The Morgan fingerprint density at radius 3 is 1.75 bits per heavy atom. The van der Waals surface area contributed by atoms with Gasteiger partial charge in [0.2, 0.25) is 0 Å². The van der Waals surface area contributed by atoms with Crippen molar-refractivity contribution < 1.29 is 25.9 Å². The first-order chi connectivity index (χ1) is 1.41. The maximum absolute atomic E-state index is 8.57. The molecule has 1 unspecified atom stereocenters. The summed E-state index contributed by atoms with van der Waals surface area (Å²) in [5, 5.41) is 0. The van der Waals surface area contributed by atoms with E-state index in [1.54, 1.807) is 0 Å². The SMILES string of the molecule is O=[PH2]O.[Ni]. The van der Waals surface area contributed by atoms with E-state index in [-0.39, 0.29) is 16.5 Å². The van der Waals surface area contributed by atoms with Crippen molar-refractivity contribution in [3.8, 4) is 0 Å². The first kappa shape index (κ1) is 8.82. The largest absolute Gasteiger partial charge is 0.348 e.